The molecule has 0 N–H and O–H groups in total. The fraction of sp³-hybridized carbons (Fsp3) is 0.500. The van der Waals surface area contributed by atoms with E-state index in [0.717, 1.165) is 6.29 Å². The fourth-order valence-corrected chi connectivity index (χ4v) is 2.40. The van der Waals surface area contributed by atoms with Gasteiger partial charge in [0, 0.05) is 13.0 Å². The number of allylic oxidation sites excluding steroid dienone is 1. The Labute approximate surface area is 99.0 Å². The molecule has 2 aliphatic rings. The molecule has 3 atom stereocenters. The van der Waals surface area contributed by atoms with Gasteiger partial charge in [-0.05, 0) is 12.0 Å². The van der Waals surface area contributed by atoms with Crippen LogP contribution in [0.1, 0.15) is 6.42 Å². The molecule has 0 unspecified atom stereocenters. The predicted molar refractivity (Wildman–Crippen MR) is 57.7 cm³/mol. The summed E-state index contributed by atoms with van der Waals surface area (Å²) in [6.45, 7) is 0. The molecule has 5 heteroatoms. The molecule has 2 rings (SSSR count). The molecule has 1 aliphatic heterocycles. The molecule has 0 fully saturated rings. The zero-order valence-electron chi connectivity index (χ0n) is 9.71. The third kappa shape index (κ3) is 1.86. The van der Waals surface area contributed by atoms with E-state index in [1.165, 1.54) is 20.5 Å². The van der Waals surface area contributed by atoms with E-state index in [-0.39, 0.29) is 11.8 Å². The molecule has 92 valence electrons. The van der Waals surface area contributed by atoms with Gasteiger partial charge in [0.2, 0.25) is 6.29 Å². The maximum absolute atomic E-state index is 11.6. The molecule has 0 radical (unpaired) electrons. The minimum absolute atomic E-state index is 0.0960. The molecular weight excluding hydrogens is 224 g/mol. The Kier molecular flexibility index (Phi) is 3.28. The minimum atomic E-state index is -0.521. The number of hydrogen-bond donors (Lipinski definition) is 0. The molecule has 0 aromatic rings. The van der Waals surface area contributed by atoms with E-state index in [4.69, 9.17) is 14.2 Å². The number of aldehydes is 1. The van der Waals surface area contributed by atoms with Crippen LogP contribution >= 0.6 is 0 Å². The van der Waals surface area contributed by atoms with Crippen molar-refractivity contribution in [3.05, 3.63) is 23.5 Å². The van der Waals surface area contributed by atoms with Crippen LogP contribution in [0.2, 0.25) is 0 Å². The predicted octanol–water partition coefficient (Wildman–Crippen LogP) is 0.807. The summed E-state index contributed by atoms with van der Waals surface area (Å²) in [5.74, 6) is -0.743. The van der Waals surface area contributed by atoms with Gasteiger partial charge in [0.25, 0.3) is 0 Å². The highest BCUT2D eigenvalue weighted by atomic mass is 16.7. The lowest BCUT2D eigenvalue weighted by Gasteiger charge is -2.32. The summed E-state index contributed by atoms with van der Waals surface area (Å²) in [4.78, 5) is 22.5. The number of carbonyl (C=O) groups is 2. The second-order valence-electron chi connectivity index (χ2n) is 3.99. The number of carbonyl (C=O) groups excluding carboxylic acids is 2. The number of hydrogen-bond acceptors (Lipinski definition) is 5. The Hall–Kier alpha value is -1.62. The Morgan fingerprint density at radius 3 is 2.88 bits per heavy atom. The zero-order chi connectivity index (χ0) is 12.4. The van der Waals surface area contributed by atoms with Crippen molar-refractivity contribution in [1.29, 1.82) is 0 Å². The SMILES string of the molecule is COC(=O)C1=CO[C@H](OC)[C@@H]2C(C=O)=CC[C@H]12. The van der Waals surface area contributed by atoms with Crippen molar-refractivity contribution < 1.29 is 23.8 Å². The monoisotopic (exact) mass is 238 g/mol. The average molecular weight is 238 g/mol. The maximum Gasteiger partial charge on any atom is 0.337 e. The molecule has 0 aromatic carbocycles. The smallest absolute Gasteiger partial charge is 0.337 e. The van der Waals surface area contributed by atoms with Crippen LogP contribution in [-0.2, 0) is 23.8 Å². The Bertz CT molecular complexity index is 396. The first-order chi connectivity index (χ1) is 8.22. The van der Waals surface area contributed by atoms with Crippen molar-refractivity contribution >= 4 is 12.3 Å². The molecule has 0 aromatic heterocycles. The number of esters is 1. The van der Waals surface area contributed by atoms with Gasteiger partial charge in [0.15, 0.2) is 0 Å². The highest BCUT2D eigenvalue weighted by molar-refractivity contribution is 5.90. The summed E-state index contributed by atoms with van der Waals surface area (Å²) in [6.07, 6.45) is 4.10. The average Bonchev–Trinajstić information content (AvgIpc) is 2.80. The molecule has 17 heavy (non-hydrogen) atoms. The van der Waals surface area contributed by atoms with Gasteiger partial charge in [-0.15, -0.1) is 0 Å². The molecule has 0 amide bonds. The van der Waals surface area contributed by atoms with Crippen LogP contribution < -0.4 is 0 Å². The second-order valence-corrected chi connectivity index (χ2v) is 3.99. The molecule has 0 saturated carbocycles. The highest BCUT2D eigenvalue weighted by Crippen LogP contribution is 2.42. The van der Waals surface area contributed by atoms with Crippen LogP contribution in [0.15, 0.2) is 23.5 Å². The topological polar surface area (TPSA) is 61.8 Å². The summed E-state index contributed by atoms with van der Waals surface area (Å²) < 4.78 is 15.2. The van der Waals surface area contributed by atoms with Gasteiger partial charge in [-0.2, -0.15) is 0 Å². The van der Waals surface area contributed by atoms with Crippen molar-refractivity contribution in [2.24, 2.45) is 11.8 Å². The molecule has 0 saturated heterocycles. The van der Waals surface area contributed by atoms with E-state index in [1.807, 2.05) is 6.08 Å². The van der Waals surface area contributed by atoms with Crippen molar-refractivity contribution in [3.63, 3.8) is 0 Å². The Morgan fingerprint density at radius 1 is 1.53 bits per heavy atom. The van der Waals surface area contributed by atoms with E-state index in [1.54, 1.807) is 0 Å². The third-order valence-corrected chi connectivity index (χ3v) is 3.24. The molecule has 1 heterocycles. The number of ether oxygens (including phenoxy) is 3. The maximum atomic E-state index is 11.6. The van der Waals surface area contributed by atoms with Gasteiger partial charge in [-0.1, -0.05) is 6.08 Å². The second kappa shape index (κ2) is 4.71. The molecule has 5 nitrogen and oxygen atoms in total. The van der Waals surface area contributed by atoms with Crippen molar-refractivity contribution in [1.82, 2.24) is 0 Å². The largest absolute Gasteiger partial charge is 0.471 e. The third-order valence-electron chi connectivity index (χ3n) is 3.24. The van der Waals surface area contributed by atoms with Crippen molar-refractivity contribution in [2.45, 2.75) is 12.7 Å². The number of fused-ring (bicyclic) bond motifs is 1. The number of methoxy groups -OCH3 is 2. The first-order valence-corrected chi connectivity index (χ1v) is 5.34. The number of rotatable bonds is 3. The summed E-state index contributed by atoms with van der Waals surface area (Å²) in [6, 6.07) is 0. The zero-order valence-corrected chi connectivity index (χ0v) is 9.71. The first kappa shape index (κ1) is 11.9. The van der Waals surface area contributed by atoms with Crippen molar-refractivity contribution in [2.75, 3.05) is 14.2 Å². The van der Waals surface area contributed by atoms with Gasteiger partial charge in [-0.25, -0.2) is 4.79 Å². The van der Waals surface area contributed by atoms with Crippen LogP contribution in [0.3, 0.4) is 0 Å². The van der Waals surface area contributed by atoms with Gasteiger partial charge in [0.1, 0.15) is 6.29 Å². The van der Waals surface area contributed by atoms with E-state index in [0.29, 0.717) is 17.6 Å². The van der Waals surface area contributed by atoms with E-state index < -0.39 is 12.3 Å². The summed E-state index contributed by atoms with van der Waals surface area (Å²) in [5, 5.41) is 0. The Balaban J connectivity index is 2.30. The Morgan fingerprint density at radius 2 is 2.29 bits per heavy atom. The van der Waals surface area contributed by atoms with Crippen LogP contribution in [-0.4, -0.2) is 32.8 Å². The summed E-state index contributed by atoms with van der Waals surface area (Å²) in [5.41, 5.74) is 1.08. The van der Waals surface area contributed by atoms with E-state index in [2.05, 4.69) is 0 Å². The van der Waals surface area contributed by atoms with Crippen molar-refractivity contribution in [3.8, 4) is 0 Å². The lowest BCUT2D eigenvalue weighted by Crippen LogP contribution is -2.36. The van der Waals surface area contributed by atoms with Crippen LogP contribution in [0.5, 0.6) is 0 Å². The van der Waals surface area contributed by atoms with Crippen LogP contribution in [0.25, 0.3) is 0 Å². The van der Waals surface area contributed by atoms with E-state index in [9.17, 15) is 9.59 Å². The summed E-state index contributed by atoms with van der Waals surface area (Å²) in [7, 11) is 2.84. The van der Waals surface area contributed by atoms with Gasteiger partial charge in [0.05, 0.1) is 24.9 Å². The van der Waals surface area contributed by atoms with Gasteiger partial charge in [-0.3, -0.25) is 4.79 Å². The fourth-order valence-electron chi connectivity index (χ4n) is 2.40. The van der Waals surface area contributed by atoms with E-state index >= 15 is 0 Å². The van der Waals surface area contributed by atoms with Crippen LogP contribution in [0, 0.1) is 11.8 Å². The lowest BCUT2D eigenvalue weighted by atomic mass is 9.84. The molecular formula is C12H14O5. The summed E-state index contributed by atoms with van der Waals surface area (Å²) >= 11 is 0. The van der Waals surface area contributed by atoms with Gasteiger partial charge >= 0.3 is 5.97 Å². The first-order valence-electron chi connectivity index (χ1n) is 5.34. The molecule has 1 aliphatic carbocycles. The normalized spacial score (nSPS) is 30.8. The van der Waals surface area contributed by atoms with Crippen LogP contribution in [0.4, 0.5) is 0 Å². The highest BCUT2D eigenvalue weighted by Gasteiger charge is 2.44. The van der Waals surface area contributed by atoms with Gasteiger partial charge < -0.3 is 14.2 Å². The molecule has 0 bridgehead atoms. The lowest BCUT2D eigenvalue weighted by molar-refractivity contribution is -0.146. The quantitative estimate of drug-likeness (QED) is 0.537. The standard InChI is InChI=1S/C12H14O5/c1-15-11(14)9-6-17-12(16-2)10-7(5-13)3-4-8(9)10/h3,5-6,8,10,12H,4H2,1-2H3/t8-,10-,12+/m1/s1. The minimum Gasteiger partial charge on any atom is -0.471 e. The molecule has 0 spiro atoms.